The molecule has 0 radical (unpaired) electrons. The van der Waals surface area contributed by atoms with Crippen LogP contribution < -0.4 is 0 Å². The highest BCUT2D eigenvalue weighted by atomic mass is 16.1. The summed E-state index contributed by atoms with van der Waals surface area (Å²) in [6.07, 6.45) is 1.49. The fourth-order valence-electron chi connectivity index (χ4n) is 1.70. The molecule has 0 bridgehead atoms. The van der Waals surface area contributed by atoms with E-state index in [0.29, 0.717) is 5.69 Å². The Morgan fingerprint density at radius 1 is 1.31 bits per heavy atom. The molecule has 2 aromatic rings. The molecule has 0 spiro atoms. The molecule has 16 heavy (non-hydrogen) atoms. The van der Waals surface area contributed by atoms with Gasteiger partial charge in [0.15, 0.2) is 5.78 Å². The molecule has 0 amide bonds. The van der Waals surface area contributed by atoms with Crippen molar-refractivity contribution in [2.45, 2.75) is 20.8 Å². The summed E-state index contributed by atoms with van der Waals surface area (Å²) in [7, 11) is 0. The zero-order chi connectivity index (χ0) is 11.7. The van der Waals surface area contributed by atoms with Crippen molar-refractivity contribution < 1.29 is 4.79 Å². The molecular weight excluding hydrogens is 202 g/mol. The number of hydrogen-bond acceptors (Lipinski definition) is 3. The first-order chi connectivity index (χ1) is 7.59. The summed E-state index contributed by atoms with van der Waals surface area (Å²) in [5.41, 5.74) is 3.67. The van der Waals surface area contributed by atoms with Gasteiger partial charge in [0.25, 0.3) is 0 Å². The summed E-state index contributed by atoms with van der Waals surface area (Å²) in [5, 5.41) is 7.72. The average Bonchev–Trinajstić information content (AvgIpc) is 2.66. The van der Waals surface area contributed by atoms with Crippen LogP contribution in [0, 0.1) is 13.8 Å². The van der Waals surface area contributed by atoms with Gasteiger partial charge in [0.05, 0.1) is 11.9 Å². The van der Waals surface area contributed by atoms with E-state index in [-0.39, 0.29) is 5.78 Å². The first-order valence-corrected chi connectivity index (χ1v) is 5.09. The van der Waals surface area contributed by atoms with Gasteiger partial charge in [0.2, 0.25) is 0 Å². The van der Waals surface area contributed by atoms with Crippen molar-refractivity contribution in [3.63, 3.8) is 0 Å². The summed E-state index contributed by atoms with van der Waals surface area (Å²) in [6.45, 7) is 5.54. The van der Waals surface area contributed by atoms with Gasteiger partial charge in [-0.25, -0.2) is 4.68 Å². The lowest BCUT2D eigenvalue weighted by Gasteiger charge is -2.08. The summed E-state index contributed by atoms with van der Waals surface area (Å²) in [6, 6.07) is 6.00. The second kappa shape index (κ2) is 3.89. The largest absolute Gasteiger partial charge is 0.293 e. The smallest absolute Gasteiger partial charge is 0.179 e. The van der Waals surface area contributed by atoms with E-state index in [4.69, 9.17) is 0 Å². The topological polar surface area (TPSA) is 47.8 Å². The van der Waals surface area contributed by atoms with Crippen molar-refractivity contribution >= 4 is 5.78 Å². The van der Waals surface area contributed by atoms with Crippen LogP contribution in [-0.4, -0.2) is 20.8 Å². The number of carbonyl (C=O) groups excluding carboxylic acids is 1. The highest BCUT2D eigenvalue weighted by Crippen LogP contribution is 2.16. The molecule has 0 aliphatic rings. The summed E-state index contributed by atoms with van der Waals surface area (Å²) in [4.78, 5) is 11.4. The van der Waals surface area contributed by atoms with E-state index in [1.807, 2.05) is 26.0 Å². The SMILES string of the molecule is CC(=O)c1cnnn1-c1ccc(C)cc1C. The minimum absolute atomic E-state index is 0.0371. The fraction of sp³-hybridized carbons (Fsp3) is 0.250. The molecule has 0 aliphatic carbocycles. The molecule has 1 aromatic heterocycles. The minimum atomic E-state index is -0.0371. The lowest BCUT2D eigenvalue weighted by Crippen LogP contribution is -2.07. The molecular formula is C12H13N3O. The number of aromatic nitrogens is 3. The fourth-order valence-corrected chi connectivity index (χ4v) is 1.70. The van der Waals surface area contributed by atoms with E-state index in [1.54, 1.807) is 4.68 Å². The van der Waals surface area contributed by atoms with Crippen molar-refractivity contribution in [1.82, 2.24) is 15.0 Å². The molecule has 4 heteroatoms. The van der Waals surface area contributed by atoms with Crippen LogP contribution in [0.1, 0.15) is 28.5 Å². The first kappa shape index (κ1) is 10.5. The zero-order valence-electron chi connectivity index (χ0n) is 9.56. The summed E-state index contributed by atoms with van der Waals surface area (Å²) in [5.74, 6) is -0.0371. The summed E-state index contributed by atoms with van der Waals surface area (Å²) < 4.78 is 1.58. The van der Waals surface area contributed by atoms with E-state index in [0.717, 1.165) is 11.3 Å². The molecule has 4 nitrogen and oxygen atoms in total. The van der Waals surface area contributed by atoms with E-state index in [1.165, 1.54) is 18.7 Å². The molecule has 0 unspecified atom stereocenters. The maximum Gasteiger partial charge on any atom is 0.179 e. The van der Waals surface area contributed by atoms with Gasteiger partial charge in [-0.05, 0) is 25.5 Å². The number of carbonyl (C=O) groups is 1. The zero-order valence-corrected chi connectivity index (χ0v) is 9.56. The maximum absolute atomic E-state index is 11.4. The van der Waals surface area contributed by atoms with Crippen molar-refractivity contribution in [3.8, 4) is 5.69 Å². The van der Waals surface area contributed by atoms with Gasteiger partial charge in [-0.3, -0.25) is 4.79 Å². The van der Waals surface area contributed by atoms with Crippen molar-refractivity contribution in [3.05, 3.63) is 41.2 Å². The predicted molar refractivity (Wildman–Crippen MR) is 60.8 cm³/mol. The van der Waals surface area contributed by atoms with Crippen LogP contribution in [0.5, 0.6) is 0 Å². The quantitative estimate of drug-likeness (QED) is 0.721. The van der Waals surface area contributed by atoms with Gasteiger partial charge in [-0.15, -0.1) is 5.10 Å². The Morgan fingerprint density at radius 3 is 2.69 bits per heavy atom. The minimum Gasteiger partial charge on any atom is -0.293 e. The molecule has 0 N–H and O–H groups in total. The number of benzene rings is 1. The first-order valence-electron chi connectivity index (χ1n) is 5.09. The third-order valence-electron chi connectivity index (χ3n) is 2.49. The van der Waals surface area contributed by atoms with Crippen LogP contribution in [0.4, 0.5) is 0 Å². The van der Waals surface area contributed by atoms with Crippen LogP contribution in [0.3, 0.4) is 0 Å². The second-order valence-electron chi connectivity index (χ2n) is 3.88. The second-order valence-corrected chi connectivity index (χ2v) is 3.88. The van der Waals surface area contributed by atoms with Gasteiger partial charge in [-0.1, -0.05) is 22.9 Å². The van der Waals surface area contributed by atoms with Gasteiger partial charge >= 0.3 is 0 Å². The van der Waals surface area contributed by atoms with Crippen LogP contribution in [0.2, 0.25) is 0 Å². The monoisotopic (exact) mass is 215 g/mol. The van der Waals surface area contributed by atoms with Crippen LogP contribution in [0.15, 0.2) is 24.4 Å². The number of aryl methyl sites for hydroxylation is 2. The Labute approximate surface area is 93.9 Å². The molecule has 0 aliphatic heterocycles. The molecule has 2 rings (SSSR count). The highest BCUT2D eigenvalue weighted by molar-refractivity contribution is 5.92. The normalized spacial score (nSPS) is 10.4. The summed E-state index contributed by atoms with van der Waals surface area (Å²) >= 11 is 0. The van der Waals surface area contributed by atoms with Gasteiger partial charge < -0.3 is 0 Å². The Hall–Kier alpha value is -1.97. The van der Waals surface area contributed by atoms with Gasteiger partial charge in [-0.2, -0.15) is 0 Å². The van der Waals surface area contributed by atoms with Gasteiger partial charge in [0.1, 0.15) is 5.69 Å². The molecule has 0 fully saturated rings. The lowest BCUT2D eigenvalue weighted by atomic mass is 10.1. The molecule has 0 atom stereocenters. The lowest BCUT2D eigenvalue weighted by molar-refractivity contribution is 0.101. The standard InChI is InChI=1S/C12H13N3O/c1-8-4-5-11(9(2)6-8)15-12(10(3)16)7-13-14-15/h4-7H,1-3H3. The number of hydrogen-bond donors (Lipinski definition) is 0. The van der Waals surface area contributed by atoms with Crippen molar-refractivity contribution in [2.24, 2.45) is 0 Å². The molecule has 82 valence electrons. The number of rotatable bonds is 2. The van der Waals surface area contributed by atoms with E-state index < -0.39 is 0 Å². The maximum atomic E-state index is 11.4. The van der Waals surface area contributed by atoms with Crippen LogP contribution in [0.25, 0.3) is 5.69 Å². The Kier molecular flexibility index (Phi) is 2.56. The van der Waals surface area contributed by atoms with E-state index >= 15 is 0 Å². The Morgan fingerprint density at radius 2 is 2.06 bits per heavy atom. The number of Topliss-reactive ketones (excluding diaryl/α,β-unsaturated/α-hetero) is 1. The van der Waals surface area contributed by atoms with E-state index in [9.17, 15) is 4.79 Å². The average molecular weight is 215 g/mol. The number of nitrogens with zero attached hydrogens (tertiary/aromatic N) is 3. The highest BCUT2D eigenvalue weighted by Gasteiger charge is 2.11. The third-order valence-corrected chi connectivity index (χ3v) is 2.49. The van der Waals surface area contributed by atoms with Crippen LogP contribution >= 0.6 is 0 Å². The number of ketones is 1. The molecule has 0 saturated carbocycles. The van der Waals surface area contributed by atoms with E-state index in [2.05, 4.69) is 16.4 Å². The predicted octanol–water partition coefficient (Wildman–Crippen LogP) is 2.09. The van der Waals surface area contributed by atoms with Gasteiger partial charge in [0, 0.05) is 6.92 Å². The van der Waals surface area contributed by atoms with Crippen LogP contribution in [-0.2, 0) is 0 Å². The third kappa shape index (κ3) is 1.74. The van der Waals surface area contributed by atoms with Crippen molar-refractivity contribution in [2.75, 3.05) is 0 Å². The molecule has 0 saturated heterocycles. The van der Waals surface area contributed by atoms with Crippen molar-refractivity contribution in [1.29, 1.82) is 0 Å². The Bertz CT molecular complexity index is 543. The Balaban J connectivity index is 2.59. The molecule has 1 heterocycles. The molecule has 1 aromatic carbocycles.